The van der Waals surface area contributed by atoms with Gasteiger partial charge < -0.3 is 5.11 Å². The van der Waals surface area contributed by atoms with Gasteiger partial charge in [-0.2, -0.15) is 0 Å². The van der Waals surface area contributed by atoms with Gasteiger partial charge in [0.15, 0.2) is 0 Å². The second-order valence-electron chi connectivity index (χ2n) is 5.42. The molecule has 1 aliphatic rings. The topological polar surface area (TPSA) is 83.5 Å². The van der Waals surface area contributed by atoms with Gasteiger partial charge in [0.1, 0.15) is 0 Å². The van der Waals surface area contributed by atoms with E-state index in [0.29, 0.717) is 4.47 Å². The highest BCUT2D eigenvalue weighted by Gasteiger charge is 2.21. The van der Waals surface area contributed by atoms with Gasteiger partial charge in [0.2, 0.25) is 10.0 Å². The Morgan fingerprint density at radius 2 is 1.90 bits per heavy atom. The van der Waals surface area contributed by atoms with E-state index in [4.69, 9.17) is 5.11 Å². The minimum atomic E-state index is -3.46. The van der Waals surface area contributed by atoms with Crippen LogP contribution < -0.4 is 4.72 Å². The van der Waals surface area contributed by atoms with Crippen molar-refractivity contribution in [2.24, 2.45) is 5.92 Å². The Morgan fingerprint density at radius 3 is 2.52 bits per heavy atom. The molecule has 0 radical (unpaired) electrons. The average Bonchev–Trinajstić information content (AvgIpc) is 2.37. The van der Waals surface area contributed by atoms with E-state index >= 15 is 0 Å². The van der Waals surface area contributed by atoms with Crippen LogP contribution in [0.3, 0.4) is 0 Å². The number of halogens is 1. The SMILES string of the molecule is O=C(O)c1cc(Br)cc(NS(=O)(=O)CC2CCCCC2)c1. The summed E-state index contributed by atoms with van der Waals surface area (Å²) in [5.41, 5.74) is 0.317. The second kappa shape index (κ2) is 6.79. The van der Waals surface area contributed by atoms with Crippen LogP contribution in [0.5, 0.6) is 0 Å². The first-order valence-electron chi connectivity index (χ1n) is 6.90. The highest BCUT2D eigenvalue weighted by Crippen LogP contribution is 2.26. The first kappa shape index (κ1) is 16.3. The van der Waals surface area contributed by atoms with Crippen LogP contribution in [0.15, 0.2) is 22.7 Å². The number of aromatic carboxylic acids is 1. The van der Waals surface area contributed by atoms with Crippen molar-refractivity contribution in [3.8, 4) is 0 Å². The molecule has 0 spiro atoms. The Balaban J connectivity index is 2.10. The monoisotopic (exact) mass is 375 g/mol. The zero-order valence-corrected chi connectivity index (χ0v) is 13.9. The van der Waals surface area contributed by atoms with Crippen molar-refractivity contribution in [3.63, 3.8) is 0 Å². The summed E-state index contributed by atoms with van der Waals surface area (Å²) in [7, 11) is -3.46. The molecule has 7 heteroatoms. The van der Waals surface area contributed by atoms with E-state index in [1.54, 1.807) is 6.07 Å². The molecule has 1 aromatic rings. The fourth-order valence-corrected chi connectivity index (χ4v) is 4.66. The van der Waals surface area contributed by atoms with Crippen molar-refractivity contribution in [3.05, 3.63) is 28.2 Å². The van der Waals surface area contributed by atoms with E-state index in [-0.39, 0.29) is 22.9 Å². The molecular weight excluding hydrogens is 358 g/mol. The van der Waals surface area contributed by atoms with Crippen molar-refractivity contribution in [2.75, 3.05) is 10.5 Å². The van der Waals surface area contributed by atoms with Crippen molar-refractivity contribution < 1.29 is 18.3 Å². The Labute approximate surface area is 132 Å². The van der Waals surface area contributed by atoms with Crippen molar-refractivity contribution in [2.45, 2.75) is 32.1 Å². The molecule has 5 nitrogen and oxygen atoms in total. The summed E-state index contributed by atoms with van der Waals surface area (Å²) in [4.78, 5) is 11.0. The standard InChI is InChI=1S/C14H18BrNO4S/c15-12-6-11(14(17)18)7-13(8-12)16-21(19,20)9-10-4-2-1-3-5-10/h6-8,10,16H,1-5,9H2,(H,17,18). The summed E-state index contributed by atoms with van der Waals surface area (Å²) < 4.78 is 27.4. The van der Waals surface area contributed by atoms with Crippen molar-refractivity contribution >= 4 is 37.6 Å². The number of rotatable bonds is 5. The maximum Gasteiger partial charge on any atom is 0.335 e. The van der Waals surface area contributed by atoms with Crippen LogP contribution in [0.25, 0.3) is 0 Å². The summed E-state index contributed by atoms with van der Waals surface area (Å²) in [5, 5.41) is 9.00. The fourth-order valence-electron chi connectivity index (χ4n) is 2.66. The van der Waals surface area contributed by atoms with Gasteiger partial charge in [-0.05, 0) is 37.0 Å². The average molecular weight is 376 g/mol. The zero-order chi connectivity index (χ0) is 15.5. The molecular formula is C14H18BrNO4S. The summed E-state index contributed by atoms with van der Waals surface area (Å²) >= 11 is 3.19. The normalized spacial score (nSPS) is 16.6. The lowest BCUT2D eigenvalue weighted by molar-refractivity contribution is 0.0697. The number of carboxylic acids is 1. The number of carbonyl (C=O) groups is 1. The van der Waals surface area contributed by atoms with Crippen LogP contribution in [0.1, 0.15) is 42.5 Å². The number of nitrogens with one attached hydrogen (secondary N) is 1. The zero-order valence-electron chi connectivity index (χ0n) is 11.5. The molecule has 2 N–H and O–H groups in total. The quantitative estimate of drug-likeness (QED) is 0.824. The molecule has 2 rings (SSSR count). The number of anilines is 1. The van der Waals surface area contributed by atoms with E-state index < -0.39 is 16.0 Å². The summed E-state index contributed by atoms with van der Waals surface area (Å²) in [6.07, 6.45) is 5.23. The van der Waals surface area contributed by atoms with Crippen LogP contribution in [-0.2, 0) is 10.0 Å². The predicted molar refractivity (Wildman–Crippen MR) is 85.1 cm³/mol. The van der Waals surface area contributed by atoms with Gasteiger partial charge in [-0.1, -0.05) is 35.2 Å². The molecule has 0 saturated heterocycles. The summed E-state index contributed by atoms with van der Waals surface area (Å²) in [6, 6.07) is 4.32. The number of hydrogen-bond donors (Lipinski definition) is 2. The summed E-state index contributed by atoms with van der Waals surface area (Å²) in [6.45, 7) is 0. The maximum absolute atomic E-state index is 12.2. The van der Waals surface area contributed by atoms with Crippen LogP contribution in [0.4, 0.5) is 5.69 Å². The van der Waals surface area contributed by atoms with Crippen LogP contribution in [-0.4, -0.2) is 25.2 Å². The fraction of sp³-hybridized carbons (Fsp3) is 0.500. The molecule has 1 saturated carbocycles. The van der Waals surface area contributed by atoms with Crippen LogP contribution in [0, 0.1) is 5.92 Å². The molecule has 0 aliphatic heterocycles. The molecule has 116 valence electrons. The van der Waals surface area contributed by atoms with E-state index in [1.807, 2.05) is 0 Å². The third-order valence-electron chi connectivity index (χ3n) is 3.60. The molecule has 0 atom stereocenters. The lowest BCUT2D eigenvalue weighted by Crippen LogP contribution is -2.24. The Kier molecular flexibility index (Phi) is 5.27. The smallest absolute Gasteiger partial charge is 0.335 e. The molecule has 21 heavy (non-hydrogen) atoms. The summed E-state index contributed by atoms with van der Waals surface area (Å²) in [5.74, 6) is -0.798. The Bertz CT molecular complexity index is 624. The van der Waals surface area contributed by atoms with Gasteiger partial charge in [0.05, 0.1) is 17.0 Å². The maximum atomic E-state index is 12.2. The Hall–Kier alpha value is -1.08. The van der Waals surface area contributed by atoms with Gasteiger partial charge in [-0.3, -0.25) is 4.72 Å². The van der Waals surface area contributed by atoms with Gasteiger partial charge in [-0.15, -0.1) is 0 Å². The number of hydrogen-bond acceptors (Lipinski definition) is 3. The van der Waals surface area contributed by atoms with Gasteiger partial charge in [0, 0.05) is 4.47 Å². The number of sulfonamides is 1. The van der Waals surface area contributed by atoms with Gasteiger partial charge >= 0.3 is 5.97 Å². The molecule has 0 bridgehead atoms. The molecule has 0 unspecified atom stereocenters. The van der Waals surface area contributed by atoms with Gasteiger partial charge in [0.25, 0.3) is 0 Å². The van der Waals surface area contributed by atoms with E-state index in [2.05, 4.69) is 20.7 Å². The van der Waals surface area contributed by atoms with E-state index in [1.165, 1.54) is 18.6 Å². The second-order valence-corrected chi connectivity index (χ2v) is 8.10. The Morgan fingerprint density at radius 1 is 1.24 bits per heavy atom. The molecule has 1 fully saturated rings. The molecule has 0 amide bonds. The van der Waals surface area contributed by atoms with Crippen LogP contribution in [0.2, 0.25) is 0 Å². The number of benzene rings is 1. The van der Waals surface area contributed by atoms with E-state index in [9.17, 15) is 13.2 Å². The largest absolute Gasteiger partial charge is 0.478 e. The van der Waals surface area contributed by atoms with Gasteiger partial charge in [-0.25, -0.2) is 13.2 Å². The molecule has 0 aromatic heterocycles. The highest BCUT2D eigenvalue weighted by molar-refractivity contribution is 9.10. The van der Waals surface area contributed by atoms with E-state index in [0.717, 1.165) is 25.7 Å². The lowest BCUT2D eigenvalue weighted by atomic mass is 9.91. The lowest BCUT2D eigenvalue weighted by Gasteiger charge is -2.21. The predicted octanol–water partition coefficient (Wildman–Crippen LogP) is 3.47. The van der Waals surface area contributed by atoms with Crippen LogP contribution >= 0.6 is 15.9 Å². The molecule has 0 heterocycles. The first-order valence-corrected chi connectivity index (χ1v) is 9.34. The minimum absolute atomic E-state index is 0.0414. The molecule has 1 aliphatic carbocycles. The first-order chi connectivity index (χ1) is 9.85. The van der Waals surface area contributed by atoms with Crippen molar-refractivity contribution in [1.82, 2.24) is 0 Å². The molecule has 1 aromatic carbocycles. The number of carboxylic acid groups (broad SMARTS) is 1. The third kappa shape index (κ3) is 5.00. The third-order valence-corrected chi connectivity index (χ3v) is 5.51. The van der Waals surface area contributed by atoms with Crippen molar-refractivity contribution in [1.29, 1.82) is 0 Å². The highest BCUT2D eigenvalue weighted by atomic mass is 79.9. The minimum Gasteiger partial charge on any atom is -0.478 e.